The van der Waals surface area contributed by atoms with Crippen LogP contribution >= 0.6 is 11.3 Å². The van der Waals surface area contributed by atoms with E-state index < -0.39 is 0 Å². The highest BCUT2D eigenvalue weighted by Gasteiger charge is 2.23. The van der Waals surface area contributed by atoms with Gasteiger partial charge >= 0.3 is 0 Å². The van der Waals surface area contributed by atoms with Crippen LogP contribution in [0.2, 0.25) is 0 Å². The first-order chi connectivity index (χ1) is 14.0. The first kappa shape index (κ1) is 20.7. The maximum atomic E-state index is 13.1. The van der Waals surface area contributed by atoms with E-state index in [2.05, 4.69) is 10.2 Å². The molecule has 0 bridgehead atoms. The molecule has 8 nitrogen and oxygen atoms in total. The molecule has 1 aromatic carbocycles. The minimum Gasteiger partial charge on any atom is -0.383 e. The van der Waals surface area contributed by atoms with E-state index in [-0.39, 0.29) is 11.8 Å². The normalized spacial score (nSPS) is 10.7. The fourth-order valence-electron chi connectivity index (χ4n) is 2.89. The highest BCUT2D eigenvalue weighted by Crippen LogP contribution is 2.24. The molecule has 0 saturated heterocycles. The number of thiophene rings is 1. The van der Waals surface area contributed by atoms with Crippen molar-refractivity contribution in [3.05, 3.63) is 64.4 Å². The van der Waals surface area contributed by atoms with E-state index in [4.69, 9.17) is 4.74 Å². The van der Waals surface area contributed by atoms with Crippen LogP contribution in [0.3, 0.4) is 0 Å². The third-order valence-corrected chi connectivity index (χ3v) is 5.35. The molecular weight excluding hydrogens is 390 g/mol. The van der Waals surface area contributed by atoms with Crippen LogP contribution in [0.4, 0.5) is 5.69 Å². The van der Waals surface area contributed by atoms with Crippen LogP contribution in [0.5, 0.6) is 0 Å². The number of hydrogen-bond acceptors (Lipinski definition) is 6. The van der Waals surface area contributed by atoms with E-state index in [1.54, 1.807) is 56.7 Å². The van der Waals surface area contributed by atoms with E-state index in [0.29, 0.717) is 41.6 Å². The average molecular weight is 414 g/mol. The number of hydrogen-bond donors (Lipinski definition) is 0. The fourth-order valence-corrected chi connectivity index (χ4v) is 3.59. The van der Waals surface area contributed by atoms with Gasteiger partial charge in [-0.3, -0.25) is 9.59 Å². The Morgan fingerprint density at radius 1 is 1.14 bits per heavy atom. The monoisotopic (exact) mass is 413 g/mol. The summed E-state index contributed by atoms with van der Waals surface area (Å²) in [4.78, 5) is 29.6. The Hall–Kier alpha value is -3.04. The Kier molecular flexibility index (Phi) is 6.73. The van der Waals surface area contributed by atoms with Gasteiger partial charge in [-0.05, 0) is 23.6 Å². The van der Waals surface area contributed by atoms with Gasteiger partial charge in [0.1, 0.15) is 6.33 Å². The third-order valence-electron chi connectivity index (χ3n) is 4.49. The van der Waals surface area contributed by atoms with Gasteiger partial charge in [0.2, 0.25) is 0 Å². The first-order valence-corrected chi connectivity index (χ1v) is 9.92. The molecule has 3 rings (SSSR count). The van der Waals surface area contributed by atoms with Gasteiger partial charge in [-0.2, -0.15) is 0 Å². The summed E-state index contributed by atoms with van der Waals surface area (Å²) in [5.74, 6) is 0.313. The molecule has 0 aliphatic rings. The SMILES string of the molecule is COCCn1cnnc1CN(C)C(=O)c1ccccc1N(C)C(=O)c1cccs1. The van der Waals surface area contributed by atoms with Gasteiger partial charge in [0.15, 0.2) is 5.82 Å². The summed E-state index contributed by atoms with van der Waals surface area (Å²) in [7, 11) is 5.01. The van der Waals surface area contributed by atoms with Gasteiger partial charge in [0.05, 0.1) is 29.3 Å². The zero-order valence-corrected chi connectivity index (χ0v) is 17.4. The molecule has 0 saturated carbocycles. The van der Waals surface area contributed by atoms with Crippen molar-refractivity contribution >= 4 is 28.8 Å². The molecule has 0 aliphatic heterocycles. The van der Waals surface area contributed by atoms with E-state index in [1.165, 1.54) is 16.2 Å². The quantitative estimate of drug-likeness (QED) is 0.567. The Morgan fingerprint density at radius 3 is 2.66 bits per heavy atom. The van der Waals surface area contributed by atoms with Gasteiger partial charge in [-0.25, -0.2) is 0 Å². The standard InChI is InChI=1S/C20H23N5O3S/c1-23(13-18-22-21-14-25(18)10-11-28-3)19(26)15-7-4-5-8-16(15)24(2)20(27)17-9-6-12-29-17/h4-9,12,14H,10-11,13H2,1-3H3. The molecule has 9 heteroatoms. The van der Waals surface area contributed by atoms with E-state index in [9.17, 15) is 9.59 Å². The van der Waals surface area contributed by atoms with E-state index >= 15 is 0 Å². The number of methoxy groups -OCH3 is 1. The van der Waals surface area contributed by atoms with Crippen molar-refractivity contribution in [2.45, 2.75) is 13.1 Å². The summed E-state index contributed by atoms with van der Waals surface area (Å²) in [6.07, 6.45) is 1.62. The Labute approximate surface area is 173 Å². The van der Waals surface area contributed by atoms with Crippen LogP contribution in [0.1, 0.15) is 25.9 Å². The van der Waals surface area contributed by atoms with Crippen LogP contribution in [0.25, 0.3) is 0 Å². The predicted octanol–water partition coefficient (Wildman–Crippen LogP) is 2.53. The Morgan fingerprint density at radius 2 is 1.93 bits per heavy atom. The second-order valence-electron chi connectivity index (χ2n) is 6.45. The highest BCUT2D eigenvalue weighted by atomic mass is 32.1. The Balaban J connectivity index is 1.79. The van der Waals surface area contributed by atoms with Crippen LogP contribution in [0.15, 0.2) is 48.1 Å². The predicted molar refractivity (Wildman–Crippen MR) is 111 cm³/mol. The van der Waals surface area contributed by atoms with Crippen molar-refractivity contribution in [2.24, 2.45) is 0 Å². The molecule has 152 valence electrons. The summed E-state index contributed by atoms with van der Waals surface area (Å²) in [6, 6.07) is 10.7. The molecule has 0 N–H and O–H groups in total. The average Bonchev–Trinajstić information content (AvgIpc) is 3.43. The fraction of sp³-hybridized carbons (Fsp3) is 0.300. The maximum absolute atomic E-state index is 13.1. The van der Waals surface area contributed by atoms with Gasteiger partial charge in [-0.1, -0.05) is 18.2 Å². The summed E-state index contributed by atoms with van der Waals surface area (Å²) in [5, 5.41) is 9.88. The van der Waals surface area contributed by atoms with Crippen LogP contribution in [0, 0.1) is 0 Å². The number of benzene rings is 1. The second kappa shape index (κ2) is 9.44. The number of carbonyl (C=O) groups excluding carboxylic acids is 2. The number of nitrogens with zero attached hydrogens (tertiary/aromatic N) is 5. The van der Waals surface area contributed by atoms with Crippen LogP contribution in [-0.4, -0.2) is 59.3 Å². The number of carbonyl (C=O) groups is 2. The number of rotatable bonds is 8. The van der Waals surface area contributed by atoms with Crippen molar-refractivity contribution in [3.63, 3.8) is 0 Å². The smallest absolute Gasteiger partial charge is 0.268 e. The molecule has 2 aromatic heterocycles. The van der Waals surface area contributed by atoms with Gasteiger partial charge in [0.25, 0.3) is 11.8 Å². The zero-order chi connectivity index (χ0) is 20.8. The summed E-state index contributed by atoms with van der Waals surface area (Å²) >= 11 is 1.37. The summed E-state index contributed by atoms with van der Waals surface area (Å²) in [5.41, 5.74) is 1.01. The van der Waals surface area contributed by atoms with Gasteiger partial charge in [-0.15, -0.1) is 21.5 Å². The number of aromatic nitrogens is 3. The van der Waals surface area contributed by atoms with Crippen LogP contribution in [-0.2, 0) is 17.8 Å². The minimum atomic E-state index is -0.201. The van der Waals surface area contributed by atoms with Gasteiger partial charge < -0.3 is 19.1 Å². The number of para-hydroxylation sites is 1. The number of ether oxygens (including phenoxy) is 1. The van der Waals surface area contributed by atoms with Crippen LogP contribution < -0.4 is 4.90 Å². The zero-order valence-electron chi connectivity index (χ0n) is 16.6. The van der Waals surface area contributed by atoms with Crippen molar-refractivity contribution < 1.29 is 14.3 Å². The molecule has 0 unspecified atom stereocenters. The molecule has 2 amide bonds. The molecule has 0 radical (unpaired) electrons. The van der Waals surface area contributed by atoms with Crippen molar-refractivity contribution in [1.29, 1.82) is 0 Å². The lowest BCUT2D eigenvalue weighted by atomic mass is 10.1. The Bertz CT molecular complexity index is 970. The van der Waals surface area contributed by atoms with E-state index in [1.807, 2.05) is 22.1 Å². The van der Waals surface area contributed by atoms with Gasteiger partial charge in [0, 0.05) is 27.7 Å². The highest BCUT2D eigenvalue weighted by molar-refractivity contribution is 7.12. The van der Waals surface area contributed by atoms with Crippen molar-refractivity contribution in [2.75, 3.05) is 32.7 Å². The first-order valence-electron chi connectivity index (χ1n) is 9.04. The molecule has 0 spiro atoms. The summed E-state index contributed by atoms with van der Waals surface area (Å²) < 4.78 is 6.95. The maximum Gasteiger partial charge on any atom is 0.268 e. The minimum absolute atomic E-state index is 0.151. The molecule has 0 fully saturated rings. The van der Waals surface area contributed by atoms with Crippen molar-refractivity contribution in [1.82, 2.24) is 19.7 Å². The molecule has 0 aliphatic carbocycles. The largest absolute Gasteiger partial charge is 0.383 e. The van der Waals surface area contributed by atoms with E-state index in [0.717, 1.165) is 0 Å². The molecule has 3 aromatic rings. The number of anilines is 1. The number of amides is 2. The lowest BCUT2D eigenvalue weighted by Crippen LogP contribution is -2.32. The summed E-state index contributed by atoms with van der Waals surface area (Å²) in [6.45, 7) is 1.43. The lowest BCUT2D eigenvalue weighted by molar-refractivity contribution is 0.0780. The topological polar surface area (TPSA) is 80.6 Å². The third kappa shape index (κ3) is 4.69. The molecular formula is C20H23N5O3S. The lowest BCUT2D eigenvalue weighted by Gasteiger charge is -2.23. The molecule has 29 heavy (non-hydrogen) atoms. The molecule has 0 atom stereocenters. The van der Waals surface area contributed by atoms with Crippen molar-refractivity contribution in [3.8, 4) is 0 Å². The molecule has 2 heterocycles. The second-order valence-corrected chi connectivity index (χ2v) is 7.40.